The van der Waals surface area contributed by atoms with E-state index in [1.165, 1.54) is 0 Å². The molecule has 0 radical (unpaired) electrons. The monoisotopic (exact) mass is 305 g/mol. The van der Waals surface area contributed by atoms with Crippen molar-refractivity contribution >= 4 is 27.0 Å². The Kier molecular flexibility index (Phi) is 2.99. The van der Waals surface area contributed by atoms with Gasteiger partial charge in [0.1, 0.15) is 0 Å². The maximum atomic E-state index is 13.2. The third kappa shape index (κ3) is 1.90. The van der Waals surface area contributed by atoms with Gasteiger partial charge in [-0.3, -0.25) is 9.17 Å². The first-order valence-electron chi connectivity index (χ1n) is 7.30. The summed E-state index contributed by atoms with van der Waals surface area (Å²) in [6, 6.07) is 8.07. The van der Waals surface area contributed by atoms with Crippen molar-refractivity contribution < 1.29 is 8.39 Å². The van der Waals surface area contributed by atoms with Crippen molar-refractivity contribution in [3.8, 4) is 0 Å². The molecule has 0 unspecified atom stereocenters. The highest BCUT2D eigenvalue weighted by atomic mass is 32.3. The molecule has 1 fully saturated rings. The first kappa shape index (κ1) is 13.2. The fraction of sp³-hybridized carbons (Fsp3) is 0.400. The molecular weight excluding hydrogens is 286 g/mol. The van der Waals surface area contributed by atoms with E-state index < -0.39 is 10.4 Å². The molecule has 0 bridgehead atoms. The maximum absolute atomic E-state index is 13.2. The number of hydrazine groups is 1. The number of anilines is 1. The molecule has 1 saturated heterocycles. The topological polar surface area (TPSA) is 45.7 Å². The summed E-state index contributed by atoms with van der Waals surface area (Å²) in [6.07, 6.45) is 4.07. The van der Waals surface area contributed by atoms with Crippen molar-refractivity contribution in [2.24, 2.45) is 0 Å². The molecule has 0 spiro atoms. The predicted octanol–water partition coefficient (Wildman–Crippen LogP) is 2.06. The lowest BCUT2D eigenvalue weighted by Gasteiger charge is -2.40. The molecule has 112 valence electrons. The van der Waals surface area contributed by atoms with Crippen molar-refractivity contribution in [2.45, 2.75) is 18.6 Å². The second-order valence-corrected chi connectivity index (χ2v) is 7.90. The maximum Gasteiger partial charge on any atom is 0.0817 e. The number of hydrogen-bond donors (Lipinski definition) is 1. The predicted molar refractivity (Wildman–Crippen MR) is 85.3 cm³/mol. The van der Waals surface area contributed by atoms with E-state index in [1.807, 2.05) is 16.5 Å². The van der Waals surface area contributed by atoms with Crippen molar-refractivity contribution in [2.75, 3.05) is 24.6 Å². The van der Waals surface area contributed by atoms with Crippen LogP contribution >= 0.6 is 0 Å². The molecule has 0 saturated carbocycles. The molecule has 21 heavy (non-hydrogen) atoms. The molecule has 5 nitrogen and oxygen atoms in total. The van der Waals surface area contributed by atoms with Crippen LogP contribution in [-0.2, 0) is 20.3 Å². The van der Waals surface area contributed by atoms with Gasteiger partial charge < -0.3 is 0 Å². The van der Waals surface area contributed by atoms with E-state index in [1.54, 1.807) is 13.3 Å². The molecule has 1 aromatic heterocycles. The van der Waals surface area contributed by atoms with Gasteiger partial charge in [0.25, 0.3) is 0 Å². The molecule has 0 N–H and O–H groups in total. The highest BCUT2D eigenvalue weighted by molar-refractivity contribution is 7.99. The minimum absolute atomic E-state index is 0.434. The Bertz CT molecular complexity index is 743. The van der Waals surface area contributed by atoms with Crippen molar-refractivity contribution in [3.63, 3.8) is 0 Å². The standard InChI is InChI=1S/C15H19N3O2S/c1-20-21(19)11-13-14(18(21)17-9-2-3-10-17)7-6-12-5-4-8-16-15(12)13/h4-8,21H,2-3,9-11H2,1H3. The Morgan fingerprint density at radius 3 is 2.81 bits per heavy atom. The van der Waals surface area contributed by atoms with Gasteiger partial charge in [0.05, 0.1) is 24.1 Å². The van der Waals surface area contributed by atoms with Crippen molar-refractivity contribution in [3.05, 3.63) is 36.0 Å². The number of hydrogen-bond acceptors (Lipinski definition) is 4. The minimum Gasteiger partial charge on any atom is -0.275 e. The van der Waals surface area contributed by atoms with Crippen LogP contribution in [0.2, 0.25) is 0 Å². The molecule has 4 rings (SSSR count). The van der Waals surface area contributed by atoms with Gasteiger partial charge in [-0.1, -0.05) is 12.1 Å². The molecule has 2 aliphatic rings. The van der Waals surface area contributed by atoms with Crippen LogP contribution in [0.25, 0.3) is 10.9 Å². The Labute approximate surface area is 125 Å². The molecule has 0 amide bonds. The molecule has 0 atom stereocenters. The SMILES string of the molecule is CO[SH]1(=O)Cc2c(ccc3cccnc23)N1N1CCCC1. The summed E-state index contributed by atoms with van der Waals surface area (Å²) >= 11 is 0. The fourth-order valence-electron chi connectivity index (χ4n) is 3.35. The lowest BCUT2D eigenvalue weighted by atomic mass is 10.1. The van der Waals surface area contributed by atoms with E-state index in [9.17, 15) is 4.21 Å². The Balaban J connectivity index is 1.91. The molecule has 6 heteroatoms. The van der Waals surface area contributed by atoms with E-state index in [2.05, 4.69) is 22.1 Å². The Morgan fingerprint density at radius 2 is 2.05 bits per heavy atom. The first-order valence-corrected chi connectivity index (χ1v) is 9.06. The van der Waals surface area contributed by atoms with Crippen LogP contribution < -0.4 is 4.41 Å². The zero-order valence-electron chi connectivity index (χ0n) is 12.0. The number of thiol groups is 1. The third-order valence-corrected chi connectivity index (χ3v) is 6.68. The smallest absolute Gasteiger partial charge is 0.0817 e. The van der Waals surface area contributed by atoms with Crippen molar-refractivity contribution in [1.82, 2.24) is 9.99 Å². The minimum atomic E-state index is -2.88. The highest BCUT2D eigenvalue weighted by Crippen LogP contribution is 2.43. The quantitative estimate of drug-likeness (QED) is 0.863. The van der Waals surface area contributed by atoms with E-state index in [-0.39, 0.29) is 0 Å². The summed E-state index contributed by atoms with van der Waals surface area (Å²) in [5.74, 6) is 0.434. The Hall–Kier alpha value is -1.50. The third-order valence-electron chi connectivity index (χ3n) is 4.35. The van der Waals surface area contributed by atoms with Crippen LogP contribution in [0, 0.1) is 0 Å². The lowest BCUT2D eigenvalue weighted by Crippen LogP contribution is -2.47. The lowest BCUT2D eigenvalue weighted by molar-refractivity contribution is 0.334. The summed E-state index contributed by atoms with van der Waals surface area (Å²) in [7, 11) is -1.33. The van der Waals surface area contributed by atoms with E-state index in [0.717, 1.165) is 48.1 Å². The van der Waals surface area contributed by atoms with Crippen LogP contribution in [0.3, 0.4) is 0 Å². The van der Waals surface area contributed by atoms with Crippen LogP contribution in [-0.4, -0.2) is 34.4 Å². The summed E-state index contributed by atoms with van der Waals surface area (Å²) in [5, 5.41) is 3.26. The molecular formula is C15H19N3O2S. The van der Waals surface area contributed by atoms with Gasteiger partial charge in [0.15, 0.2) is 0 Å². The molecule has 2 aliphatic heterocycles. The summed E-state index contributed by atoms with van der Waals surface area (Å²) < 4.78 is 20.6. The number of benzene rings is 1. The number of rotatable bonds is 2. The highest BCUT2D eigenvalue weighted by Gasteiger charge is 2.37. The van der Waals surface area contributed by atoms with Crippen LogP contribution in [0.4, 0.5) is 5.69 Å². The summed E-state index contributed by atoms with van der Waals surface area (Å²) in [6.45, 7) is 1.88. The zero-order chi connectivity index (χ0) is 14.4. The second kappa shape index (κ2) is 4.76. The summed E-state index contributed by atoms with van der Waals surface area (Å²) in [4.78, 5) is 4.49. The number of nitrogens with zero attached hydrogens (tertiary/aromatic N) is 3. The van der Waals surface area contributed by atoms with E-state index in [0.29, 0.717) is 5.75 Å². The van der Waals surface area contributed by atoms with Gasteiger partial charge in [0, 0.05) is 30.2 Å². The van der Waals surface area contributed by atoms with E-state index in [4.69, 9.17) is 4.18 Å². The Morgan fingerprint density at radius 1 is 1.24 bits per heavy atom. The first-order chi connectivity index (χ1) is 10.2. The van der Waals surface area contributed by atoms with Crippen LogP contribution in [0.1, 0.15) is 18.4 Å². The zero-order valence-corrected chi connectivity index (χ0v) is 12.9. The van der Waals surface area contributed by atoms with Gasteiger partial charge in [0.2, 0.25) is 0 Å². The van der Waals surface area contributed by atoms with Crippen molar-refractivity contribution in [1.29, 1.82) is 0 Å². The van der Waals surface area contributed by atoms with Gasteiger partial charge in [-0.05, 0) is 25.0 Å². The largest absolute Gasteiger partial charge is 0.275 e. The molecule has 3 heterocycles. The average molecular weight is 305 g/mol. The van der Waals surface area contributed by atoms with Crippen LogP contribution in [0.5, 0.6) is 0 Å². The number of fused-ring (bicyclic) bond motifs is 3. The van der Waals surface area contributed by atoms with Gasteiger partial charge in [-0.15, -0.1) is 10.4 Å². The number of pyridine rings is 1. The van der Waals surface area contributed by atoms with Crippen LogP contribution in [0.15, 0.2) is 30.5 Å². The van der Waals surface area contributed by atoms with Gasteiger partial charge >= 0.3 is 0 Å². The normalized spacial score (nSPS) is 22.6. The summed E-state index contributed by atoms with van der Waals surface area (Å²) in [5.41, 5.74) is 2.98. The van der Waals surface area contributed by atoms with Gasteiger partial charge in [-0.25, -0.2) is 9.42 Å². The molecule has 1 aromatic carbocycles. The molecule has 2 aromatic rings. The second-order valence-electron chi connectivity index (χ2n) is 5.57. The number of aromatic nitrogens is 1. The fourth-order valence-corrected chi connectivity index (χ4v) is 5.56. The van der Waals surface area contributed by atoms with E-state index >= 15 is 0 Å². The van der Waals surface area contributed by atoms with Gasteiger partial charge in [-0.2, -0.15) is 4.21 Å². The average Bonchev–Trinajstić information content (AvgIpc) is 3.12. The molecule has 0 aliphatic carbocycles.